The molecule has 3 aliphatic heterocycles. The molecule has 0 radical (unpaired) electrons. The van der Waals surface area contributed by atoms with Crippen LogP contribution >= 0.6 is 0 Å². The summed E-state index contributed by atoms with van der Waals surface area (Å²) in [6, 6.07) is 5.04. The van der Waals surface area contributed by atoms with Crippen LogP contribution in [0.15, 0.2) is 40.2 Å². The van der Waals surface area contributed by atoms with E-state index in [-0.39, 0.29) is 23.4 Å². The molecule has 2 bridgehead atoms. The highest BCUT2D eigenvalue weighted by molar-refractivity contribution is 5.94. The van der Waals surface area contributed by atoms with Crippen molar-refractivity contribution < 1.29 is 9.59 Å². The molecule has 3 saturated heterocycles. The van der Waals surface area contributed by atoms with Crippen LogP contribution in [-0.2, 0) is 7.05 Å². The first-order valence-electron chi connectivity index (χ1n) is 9.25. The Morgan fingerprint density at radius 2 is 1.93 bits per heavy atom. The van der Waals surface area contributed by atoms with Gasteiger partial charge in [0.25, 0.3) is 17.4 Å². The van der Waals surface area contributed by atoms with Crippen molar-refractivity contribution in [2.24, 2.45) is 13.0 Å². The maximum absolute atomic E-state index is 13.0. The Kier molecular flexibility index (Phi) is 4.58. The number of aromatic nitrogens is 3. The van der Waals surface area contributed by atoms with Gasteiger partial charge in [-0.15, -0.1) is 0 Å². The fraction of sp³-hybridized carbons (Fsp3) is 0.421. The number of hydrogen-bond acceptors (Lipinski definition) is 5. The third-order valence-electron chi connectivity index (χ3n) is 5.48. The largest absolute Gasteiger partial charge is 0.335 e. The zero-order chi connectivity index (χ0) is 19.8. The molecule has 5 rings (SSSR count). The van der Waals surface area contributed by atoms with Gasteiger partial charge in [0.1, 0.15) is 11.3 Å². The van der Waals surface area contributed by atoms with Gasteiger partial charge in [-0.2, -0.15) is 0 Å². The van der Waals surface area contributed by atoms with E-state index in [4.69, 9.17) is 0 Å². The van der Waals surface area contributed by atoms with Gasteiger partial charge >= 0.3 is 5.69 Å². The van der Waals surface area contributed by atoms with Gasteiger partial charge in [-0.05, 0) is 30.9 Å². The Balaban J connectivity index is 1.60. The molecule has 3 aliphatic rings. The smallest absolute Gasteiger partial charge is 0.328 e. The Morgan fingerprint density at radius 3 is 2.68 bits per heavy atom. The summed E-state index contributed by atoms with van der Waals surface area (Å²) in [5.41, 5.74) is -0.922. The lowest BCUT2D eigenvalue weighted by atomic mass is 9.94. The second-order valence-corrected chi connectivity index (χ2v) is 7.39. The van der Waals surface area contributed by atoms with Crippen LogP contribution in [0.4, 0.5) is 0 Å². The minimum absolute atomic E-state index is 0.0581. The molecule has 9 nitrogen and oxygen atoms in total. The standard InChI is InChI=1S/C19H21N5O4/c1-22-11-14(16(25)21-19(22)28)17(26)24-9-12-5-6-13(24)10-23(8-12)18(27)15-4-2-3-7-20-15/h2-4,7,11-13H,5-6,8-10H2,1H3,(H,21,25,28)/t12-,13+/m0/s1. The molecule has 0 spiro atoms. The minimum atomic E-state index is -0.686. The number of nitrogens with one attached hydrogen (secondary N) is 1. The molecule has 146 valence electrons. The molecular weight excluding hydrogens is 362 g/mol. The van der Waals surface area contributed by atoms with E-state index in [0.717, 1.165) is 12.8 Å². The number of carbonyl (C=O) groups excluding carboxylic acids is 2. The molecule has 9 heteroatoms. The number of H-pyrrole nitrogens is 1. The second kappa shape index (κ2) is 7.06. The summed E-state index contributed by atoms with van der Waals surface area (Å²) >= 11 is 0. The summed E-state index contributed by atoms with van der Waals surface area (Å²) in [5.74, 6) is -0.410. The molecule has 1 N–H and O–H groups in total. The Hall–Kier alpha value is -3.23. The van der Waals surface area contributed by atoms with Gasteiger partial charge in [0.05, 0.1) is 0 Å². The van der Waals surface area contributed by atoms with E-state index in [2.05, 4.69) is 9.97 Å². The normalized spacial score (nSPS) is 21.5. The SMILES string of the molecule is Cn1cc(C(=O)N2C[C@H]3CC[C@@H]2CN(C(=O)c2ccccn2)C3)c(=O)[nH]c1=O. The van der Waals surface area contributed by atoms with E-state index < -0.39 is 17.2 Å². The summed E-state index contributed by atoms with van der Waals surface area (Å²) in [6.45, 7) is 1.44. The molecule has 0 saturated carbocycles. The van der Waals surface area contributed by atoms with Crippen LogP contribution in [-0.4, -0.2) is 61.8 Å². The second-order valence-electron chi connectivity index (χ2n) is 7.39. The van der Waals surface area contributed by atoms with Crippen molar-refractivity contribution in [2.45, 2.75) is 18.9 Å². The van der Waals surface area contributed by atoms with Crippen molar-refractivity contribution >= 4 is 11.8 Å². The number of pyridine rings is 1. The topological polar surface area (TPSA) is 108 Å². The quantitative estimate of drug-likeness (QED) is 0.776. The third-order valence-corrected chi connectivity index (χ3v) is 5.48. The zero-order valence-corrected chi connectivity index (χ0v) is 15.5. The van der Waals surface area contributed by atoms with Crippen LogP contribution in [0.3, 0.4) is 0 Å². The summed E-state index contributed by atoms with van der Waals surface area (Å²) in [4.78, 5) is 59.3. The van der Waals surface area contributed by atoms with Gasteiger partial charge in [-0.3, -0.25) is 24.4 Å². The number of piperidine rings is 1. The predicted molar refractivity (Wildman–Crippen MR) is 100.0 cm³/mol. The number of nitrogens with zero attached hydrogens (tertiary/aromatic N) is 4. The van der Waals surface area contributed by atoms with Crippen LogP contribution in [0.1, 0.15) is 33.7 Å². The first kappa shape index (κ1) is 18.1. The van der Waals surface area contributed by atoms with Crippen LogP contribution in [0.2, 0.25) is 0 Å². The van der Waals surface area contributed by atoms with E-state index >= 15 is 0 Å². The van der Waals surface area contributed by atoms with Gasteiger partial charge < -0.3 is 14.4 Å². The van der Waals surface area contributed by atoms with Crippen molar-refractivity contribution in [3.8, 4) is 0 Å². The molecular formula is C19H21N5O4. The molecule has 3 fully saturated rings. The van der Waals surface area contributed by atoms with E-state index in [9.17, 15) is 19.2 Å². The number of aryl methyl sites for hydroxylation is 1. The molecule has 2 aromatic heterocycles. The minimum Gasteiger partial charge on any atom is -0.335 e. The maximum atomic E-state index is 13.0. The highest BCUT2D eigenvalue weighted by Gasteiger charge is 2.39. The molecule has 0 aromatic carbocycles. The monoisotopic (exact) mass is 383 g/mol. The van der Waals surface area contributed by atoms with Gasteiger partial charge in [-0.25, -0.2) is 4.79 Å². The number of carbonyl (C=O) groups is 2. The summed E-state index contributed by atoms with van der Waals surface area (Å²) in [5, 5.41) is 0. The molecule has 0 unspecified atom stereocenters. The molecule has 28 heavy (non-hydrogen) atoms. The molecule has 0 aliphatic carbocycles. The van der Waals surface area contributed by atoms with Gasteiger partial charge in [0.15, 0.2) is 0 Å². The van der Waals surface area contributed by atoms with Gasteiger partial charge in [-0.1, -0.05) is 6.07 Å². The Labute approximate surface area is 160 Å². The van der Waals surface area contributed by atoms with Crippen molar-refractivity contribution in [2.75, 3.05) is 19.6 Å². The summed E-state index contributed by atoms with van der Waals surface area (Å²) in [7, 11) is 1.48. The lowest BCUT2D eigenvalue weighted by molar-refractivity contribution is 0.0571. The van der Waals surface area contributed by atoms with E-state index in [0.29, 0.717) is 25.3 Å². The average molecular weight is 383 g/mol. The Bertz CT molecular complexity index is 1030. The van der Waals surface area contributed by atoms with Crippen LogP contribution in [0.25, 0.3) is 0 Å². The lowest BCUT2D eigenvalue weighted by Gasteiger charge is -2.35. The predicted octanol–water partition coefficient (Wildman–Crippen LogP) is -0.155. The van der Waals surface area contributed by atoms with Crippen molar-refractivity contribution in [3.05, 3.63) is 62.7 Å². The zero-order valence-electron chi connectivity index (χ0n) is 15.5. The van der Waals surface area contributed by atoms with E-state index in [1.54, 1.807) is 34.2 Å². The lowest BCUT2D eigenvalue weighted by Crippen LogP contribution is -2.49. The molecule has 2 atom stereocenters. The van der Waals surface area contributed by atoms with Crippen LogP contribution in [0, 0.1) is 5.92 Å². The number of fused-ring (bicyclic) bond motifs is 4. The van der Waals surface area contributed by atoms with Crippen molar-refractivity contribution in [3.63, 3.8) is 0 Å². The fourth-order valence-electron chi connectivity index (χ4n) is 4.02. The van der Waals surface area contributed by atoms with Crippen molar-refractivity contribution in [1.29, 1.82) is 0 Å². The highest BCUT2D eigenvalue weighted by atomic mass is 16.2. The van der Waals surface area contributed by atoms with Gasteiger partial charge in [0, 0.05) is 45.1 Å². The van der Waals surface area contributed by atoms with E-state index in [1.165, 1.54) is 17.8 Å². The summed E-state index contributed by atoms with van der Waals surface area (Å²) in [6.07, 6.45) is 4.55. The molecule has 5 heterocycles. The van der Waals surface area contributed by atoms with Crippen LogP contribution < -0.4 is 11.2 Å². The summed E-state index contributed by atoms with van der Waals surface area (Å²) < 4.78 is 1.18. The van der Waals surface area contributed by atoms with Crippen molar-refractivity contribution in [1.82, 2.24) is 24.3 Å². The average Bonchev–Trinajstić information content (AvgIpc) is 3.02. The number of rotatable bonds is 2. The van der Waals surface area contributed by atoms with Gasteiger partial charge in [0.2, 0.25) is 0 Å². The van der Waals surface area contributed by atoms with Crippen LogP contribution in [0.5, 0.6) is 0 Å². The molecule has 2 aromatic rings. The Morgan fingerprint density at radius 1 is 1.11 bits per heavy atom. The first-order chi connectivity index (χ1) is 13.4. The maximum Gasteiger partial charge on any atom is 0.328 e. The number of hydrogen-bond donors (Lipinski definition) is 1. The number of aromatic amines is 1. The number of amides is 2. The highest BCUT2D eigenvalue weighted by Crippen LogP contribution is 2.29. The molecule has 2 amide bonds. The fourth-order valence-corrected chi connectivity index (χ4v) is 4.02. The van der Waals surface area contributed by atoms with E-state index in [1.807, 2.05) is 0 Å². The third kappa shape index (κ3) is 3.23. The first-order valence-corrected chi connectivity index (χ1v) is 9.25.